The Morgan fingerprint density at radius 1 is 1.27 bits per heavy atom. The number of anilines is 1. The number of aliphatic hydroxyl groups is 2. The van der Waals surface area contributed by atoms with E-state index in [9.17, 15) is 10.2 Å². The van der Waals surface area contributed by atoms with Crippen LogP contribution < -0.4 is 10.6 Å². The summed E-state index contributed by atoms with van der Waals surface area (Å²) in [4.78, 5) is 20.4. The van der Waals surface area contributed by atoms with Gasteiger partial charge in [0.25, 0.3) is 0 Å². The summed E-state index contributed by atoms with van der Waals surface area (Å²) in [6.45, 7) is 4.60. The van der Waals surface area contributed by atoms with E-state index in [1.807, 2.05) is 35.8 Å². The van der Waals surface area contributed by atoms with E-state index >= 15 is 0 Å². The Bertz CT molecular complexity index is 1180. The number of aliphatic imine (C=N–C) groups is 1. The molecule has 0 saturated carbocycles. The van der Waals surface area contributed by atoms with Crippen LogP contribution in [0, 0.1) is 0 Å². The molecule has 0 spiro atoms. The molecular formula is C23H29N7O3. The van der Waals surface area contributed by atoms with Crippen molar-refractivity contribution in [1.82, 2.24) is 19.5 Å². The molecule has 0 radical (unpaired) electrons. The summed E-state index contributed by atoms with van der Waals surface area (Å²) in [5, 5.41) is 19.9. The smallest absolute Gasteiger partial charge is 0.166 e. The van der Waals surface area contributed by atoms with Crippen molar-refractivity contribution in [2.45, 2.75) is 19.6 Å². The monoisotopic (exact) mass is 451 g/mol. The van der Waals surface area contributed by atoms with Crippen LogP contribution in [0.5, 0.6) is 0 Å². The van der Waals surface area contributed by atoms with Gasteiger partial charge < -0.3 is 30.2 Å². The number of aromatic nitrogens is 4. The van der Waals surface area contributed by atoms with Crippen LogP contribution in [0.2, 0.25) is 0 Å². The number of nitrogens with two attached hydrogens (primary N) is 1. The maximum atomic E-state index is 10.4. The number of rotatable bonds is 7. The highest BCUT2D eigenvalue weighted by Crippen LogP contribution is 2.31. The molecule has 0 aliphatic carbocycles. The Hall–Kier alpha value is -3.34. The number of morpholine rings is 1. The minimum atomic E-state index is -1.10. The SMILES string of the molecule is CCn1c(C(O)CO)nc2c(N3CCOCC3)nc(-c3cccc(C(N)=CC=NC)c3)nc21. The molecule has 10 heteroatoms. The summed E-state index contributed by atoms with van der Waals surface area (Å²) in [5.74, 6) is 1.59. The van der Waals surface area contributed by atoms with Crippen molar-refractivity contribution in [2.24, 2.45) is 10.7 Å². The van der Waals surface area contributed by atoms with Crippen molar-refractivity contribution in [3.8, 4) is 11.4 Å². The molecule has 1 aromatic carbocycles. The molecule has 33 heavy (non-hydrogen) atoms. The number of benzene rings is 1. The molecule has 1 aliphatic rings. The van der Waals surface area contributed by atoms with Crippen LogP contribution in [0.4, 0.5) is 5.82 Å². The third kappa shape index (κ3) is 4.58. The molecule has 0 bridgehead atoms. The number of aryl methyl sites for hydroxylation is 1. The van der Waals surface area contributed by atoms with Gasteiger partial charge in [-0.15, -0.1) is 0 Å². The maximum Gasteiger partial charge on any atom is 0.166 e. The van der Waals surface area contributed by atoms with Gasteiger partial charge in [-0.2, -0.15) is 0 Å². The van der Waals surface area contributed by atoms with Crippen molar-refractivity contribution >= 4 is 28.9 Å². The van der Waals surface area contributed by atoms with E-state index in [0.717, 1.165) is 11.1 Å². The topological polar surface area (TPSA) is 135 Å². The first-order valence-electron chi connectivity index (χ1n) is 11.0. The van der Waals surface area contributed by atoms with Crippen molar-refractivity contribution in [3.05, 3.63) is 41.7 Å². The molecular weight excluding hydrogens is 422 g/mol. The normalized spacial score (nSPS) is 16.1. The van der Waals surface area contributed by atoms with E-state index in [2.05, 4.69) is 14.9 Å². The van der Waals surface area contributed by atoms with Crippen LogP contribution in [-0.2, 0) is 11.3 Å². The highest BCUT2D eigenvalue weighted by atomic mass is 16.5. The first kappa shape index (κ1) is 22.8. The van der Waals surface area contributed by atoms with Gasteiger partial charge >= 0.3 is 0 Å². The van der Waals surface area contributed by atoms with Crippen molar-refractivity contribution in [1.29, 1.82) is 0 Å². The molecule has 1 aliphatic heterocycles. The minimum absolute atomic E-state index is 0.371. The average molecular weight is 452 g/mol. The first-order valence-corrected chi connectivity index (χ1v) is 11.0. The minimum Gasteiger partial charge on any atom is -0.398 e. The van der Waals surface area contributed by atoms with Crippen molar-refractivity contribution in [3.63, 3.8) is 0 Å². The molecule has 3 aromatic rings. The lowest BCUT2D eigenvalue weighted by molar-refractivity contribution is 0.0861. The van der Waals surface area contributed by atoms with Crippen LogP contribution in [0.3, 0.4) is 0 Å². The second-order valence-electron chi connectivity index (χ2n) is 7.67. The maximum absolute atomic E-state index is 10.4. The summed E-state index contributed by atoms with van der Waals surface area (Å²) in [5.41, 5.74) is 9.64. The van der Waals surface area contributed by atoms with E-state index in [-0.39, 0.29) is 0 Å². The van der Waals surface area contributed by atoms with Crippen LogP contribution in [0.15, 0.2) is 35.3 Å². The lowest BCUT2D eigenvalue weighted by Gasteiger charge is -2.28. The molecule has 1 fully saturated rings. The summed E-state index contributed by atoms with van der Waals surface area (Å²) < 4.78 is 7.33. The quantitative estimate of drug-likeness (QED) is 0.459. The first-order chi connectivity index (χ1) is 16.1. The van der Waals surface area contributed by atoms with Crippen molar-refractivity contribution < 1.29 is 14.9 Å². The van der Waals surface area contributed by atoms with E-state index in [4.69, 9.17) is 20.4 Å². The fourth-order valence-electron chi connectivity index (χ4n) is 3.86. The fraction of sp³-hybridized carbons (Fsp3) is 0.391. The fourth-order valence-corrected chi connectivity index (χ4v) is 3.86. The van der Waals surface area contributed by atoms with Gasteiger partial charge in [-0.1, -0.05) is 18.2 Å². The summed E-state index contributed by atoms with van der Waals surface area (Å²) in [6, 6.07) is 7.71. The highest BCUT2D eigenvalue weighted by molar-refractivity contribution is 5.87. The largest absolute Gasteiger partial charge is 0.398 e. The van der Waals surface area contributed by atoms with E-state index in [0.29, 0.717) is 67.2 Å². The number of imidazole rings is 1. The number of ether oxygens (including phenoxy) is 1. The number of fused-ring (bicyclic) bond motifs is 1. The van der Waals surface area contributed by atoms with Crippen LogP contribution in [0.1, 0.15) is 24.4 Å². The molecule has 2 aromatic heterocycles. The summed E-state index contributed by atoms with van der Waals surface area (Å²) in [6.07, 6.45) is 2.29. The van der Waals surface area contributed by atoms with E-state index in [1.54, 1.807) is 19.3 Å². The summed E-state index contributed by atoms with van der Waals surface area (Å²) >= 11 is 0. The van der Waals surface area contributed by atoms with Crippen molar-refractivity contribution in [2.75, 3.05) is 44.9 Å². The highest BCUT2D eigenvalue weighted by Gasteiger charge is 2.25. The molecule has 3 heterocycles. The predicted octanol–water partition coefficient (Wildman–Crippen LogP) is 1.38. The van der Waals surface area contributed by atoms with E-state index < -0.39 is 12.7 Å². The zero-order valence-corrected chi connectivity index (χ0v) is 18.8. The van der Waals surface area contributed by atoms with Crippen LogP contribution in [-0.4, -0.2) is 75.9 Å². The van der Waals surface area contributed by atoms with Gasteiger partial charge in [0.1, 0.15) is 11.9 Å². The third-order valence-electron chi connectivity index (χ3n) is 5.56. The van der Waals surface area contributed by atoms with Gasteiger partial charge in [-0.05, 0) is 24.6 Å². The average Bonchev–Trinajstić information content (AvgIpc) is 3.25. The molecule has 4 rings (SSSR count). The number of nitrogens with zero attached hydrogens (tertiary/aromatic N) is 6. The molecule has 10 nitrogen and oxygen atoms in total. The Labute approximate surface area is 192 Å². The van der Waals surface area contributed by atoms with Gasteiger partial charge in [0.05, 0.1) is 19.8 Å². The molecule has 1 atom stereocenters. The lowest BCUT2D eigenvalue weighted by atomic mass is 10.1. The molecule has 174 valence electrons. The van der Waals surface area contributed by atoms with Gasteiger partial charge in [0.15, 0.2) is 22.8 Å². The lowest BCUT2D eigenvalue weighted by Crippen LogP contribution is -2.37. The molecule has 4 N–H and O–H groups in total. The van der Waals surface area contributed by atoms with E-state index in [1.165, 1.54) is 0 Å². The Kier molecular flexibility index (Phi) is 6.97. The Balaban J connectivity index is 1.91. The van der Waals surface area contributed by atoms with Crippen LogP contribution in [0.25, 0.3) is 28.2 Å². The second-order valence-corrected chi connectivity index (χ2v) is 7.67. The number of aliphatic hydroxyl groups excluding tert-OH is 2. The van der Waals surface area contributed by atoms with Gasteiger partial charge in [0.2, 0.25) is 0 Å². The number of hydrogen-bond acceptors (Lipinski definition) is 9. The number of hydrogen-bond donors (Lipinski definition) is 3. The van der Waals surface area contributed by atoms with Gasteiger partial charge in [0, 0.05) is 44.2 Å². The third-order valence-corrected chi connectivity index (χ3v) is 5.56. The second kappa shape index (κ2) is 10.1. The Morgan fingerprint density at radius 2 is 2.06 bits per heavy atom. The number of allylic oxidation sites excluding steroid dienone is 1. The zero-order chi connectivity index (χ0) is 23.4. The molecule has 0 amide bonds. The van der Waals surface area contributed by atoms with Gasteiger partial charge in [-0.3, -0.25) is 4.99 Å². The standard InChI is InChI=1S/C23H29N7O3/c1-3-30-21(18(32)14-31)26-19-22(29-9-11-33-12-10-29)27-20(28-23(19)30)16-6-4-5-15(13-16)17(24)7-8-25-2/h4-8,13,18,31-32H,3,9-12,14,24H2,1-2H3. The summed E-state index contributed by atoms with van der Waals surface area (Å²) in [7, 11) is 1.69. The molecule has 1 saturated heterocycles. The molecule has 1 unspecified atom stereocenters. The zero-order valence-electron chi connectivity index (χ0n) is 18.8. The van der Waals surface area contributed by atoms with Gasteiger partial charge in [-0.25, -0.2) is 15.0 Å². The predicted molar refractivity (Wildman–Crippen MR) is 128 cm³/mol. The Morgan fingerprint density at radius 3 is 2.76 bits per heavy atom. The van der Waals surface area contributed by atoms with Crippen LogP contribution >= 0.6 is 0 Å².